The molecule has 2 aromatic carbocycles. The molecule has 2 amide bonds. The van der Waals surface area contributed by atoms with Crippen molar-refractivity contribution in [3.63, 3.8) is 0 Å². The molecule has 0 aliphatic heterocycles. The molecule has 32 heavy (non-hydrogen) atoms. The molecule has 0 bridgehead atoms. The first-order chi connectivity index (χ1) is 15.1. The number of carbonyl (C=O) groups excluding carboxylic acids is 2. The first kappa shape index (κ1) is 25.4. The highest BCUT2D eigenvalue weighted by Gasteiger charge is 2.31. The Labute approximate surface area is 191 Å². The predicted molar refractivity (Wildman–Crippen MR) is 128 cm³/mol. The van der Waals surface area contributed by atoms with Crippen LogP contribution in [0.2, 0.25) is 0 Å². The summed E-state index contributed by atoms with van der Waals surface area (Å²) < 4.78 is 26.5. The van der Waals surface area contributed by atoms with E-state index in [4.69, 9.17) is 0 Å². The van der Waals surface area contributed by atoms with Crippen LogP contribution in [0, 0.1) is 13.8 Å². The van der Waals surface area contributed by atoms with Gasteiger partial charge in [-0.05, 0) is 49.9 Å². The minimum Gasteiger partial charge on any atom is -0.355 e. The van der Waals surface area contributed by atoms with Crippen molar-refractivity contribution in [3.8, 4) is 0 Å². The summed E-state index contributed by atoms with van der Waals surface area (Å²) in [5.41, 5.74) is 3.04. The van der Waals surface area contributed by atoms with E-state index in [0.29, 0.717) is 18.7 Å². The van der Waals surface area contributed by atoms with Gasteiger partial charge in [0.2, 0.25) is 21.8 Å². The molecule has 0 unspecified atom stereocenters. The Morgan fingerprint density at radius 1 is 1.00 bits per heavy atom. The van der Waals surface area contributed by atoms with Gasteiger partial charge in [0.25, 0.3) is 0 Å². The van der Waals surface area contributed by atoms with E-state index in [9.17, 15) is 18.0 Å². The molecule has 0 fully saturated rings. The number of nitrogens with one attached hydrogen (secondary N) is 1. The summed E-state index contributed by atoms with van der Waals surface area (Å²) in [5.74, 6) is -0.685. The fourth-order valence-electron chi connectivity index (χ4n) is 3.59. The number of aryl methyl sites for hydroxylation is 1. The third kappa shape index (κ3) is 6.32. The molecule has 0 spiro atoms. The predicted octanol–water partition coefficient (Wildman–Crippen LogP) is 3.01. The van der Waals surface area contributed by atoms with E-state index in [-0.39, 0.29) is 19.0 Å². The molecule has 0 aliphatic carbocycles. The molecule has 7 nitrogen and oxygen atoms in total. The number of benzene rings is 2. The maximum absolute atomic E-state index is 13.5. The van der Waals surface area contributed by atoms with Crippen LogP contribution in [0.15, 0.2) is 48.5 Å². The van der Waals surface area contributed by atoms with Crippen LogP contribution in [0.1, 0.15) is 37.0 Å². The third-order valence-electron chi connectivity index (χ3n) is 5.46. The number of amides is 2. The number of rotatable bonds is 10. The largest absolute Gasteiger partial charge is 0.355 e. The number of hydrogen-bond donors (Lipinski definition) is 1. The minimum absolute atomic E-state index is 0.208. The van der Waals surface area contributed by atoms with Gasteiger partial charge >= 0.3 is 0 Å². The maximum atomic E-state index is 13.5. The summed E-state index contributed by atoms with van der Waals surface area (Å²) in [7, 11) is -3.74. The molecule has 0 saturated heterocycles. The Balaban J connectivity index is 2.45. The van der Waals surface area contributed by atoms with Gasteiger partial charge in [-0.2, -0.15) is 0 Å². The van der Waals surface area contributed by atoms with E-state index in [1.807, 2.05) is 64.1 Å². The van der Waals surface area contributed by atoms with E-state index in [2.05, 4.69) is 5.32 Å². The third-order valence-corrected chi connectivity index (χ3v) is 6.58. The highest BCUT2D eigenvalue weighted by atomic mass is 32.2. The number of nitrogens with zero attached hydrogens (tertiary/aromatic N) is 2. The zero-order valence-corrected chi connectivity index (χ0v) is 20.3. The van der Waals surface area contributed by atoms with Crippen molar-refractivity contribution in [3.05, 3.63) is 65.2 Å². The molecule has 1 atom stereocenters. The van der Waals surface area contributed by atoms with Crippen LogP contribution >= 0.6 is 0 Å². The number of carbonyl (C=O) groups is 2. The van der Waals surface area contributed by atoms with Crippen LogP contribution in [0.4, 0.5) is 5.69 Å². The normalized spacial score (nSPS) is 12.2. The molecule has 0 aliphatic rings. The molecule has 0 saturated carbocycles. The van der Waals surface area contributed by atoms with Crippen molar-refractivity contribution in [1.82, 2.24) is 10.2 Å². The minimum atomic E-state index is -3.74. The molecular weight excluding hydrogens is 426 g/mol. The summed E-state index contributed by atoms with van der Waals surface area (Å²) in [6.45, 7) is 7.65. The smallest absolute Gasteiger partial charge is 0.244 e. The van der Waals surface area contributed by atoms with E-state index >= 15 is 0 Å². The van der Waals surface area contributed by atoms with Crippen LogP contribution in [0.5, 0.6) is 0 Å². The molecule has 0 heterocycles. The van der Waals surface area contributed by atoms with Gasteiger partial charge in [-0.15, -0.1) is 0 Å². The quantitative estimate of drug-likeness (QED) is 0.592. The summed E-state index contributed by atoms with van der Waals surface area (Å²) in [4.78, 5) is 27.7. The van der Waals surface area contributed by atoms with Crippen LogP contribution in [0.25, 0.3) is 0 Å². The molecule has 174 valence electrons. The first-order valence-electron chi connectivity index (χ1n) is 10.7. The van der Waals surface area contributed by atoms with E-state index in [0.717, 1.165) is 27.3 Å². The molecule has 1 N–H and O–H groups in total. The maximum Gasteiger partial charge on any atom is 0.244 e. The zero-order valence-electron chi connectivity index (χ0n) is 19.5. The Kier molecular flexibility index (Phi) is 8.83. The van der Waals surface area contributed by atoms with Crippen molar-refractivity contribution in [2.24, 2.45) is 0 Å². The van der Waals surface area contributed by atoms with Gasteiger partial charge in [0, 0.05) is 13.1 Å². The zero-order chi connectivity index (χ0) is 23.9. The average molecular weight is 460 g/mol. The fraction of sp³-hybridized carbons (Fsp3) is 0.417. The second kappa shape index (κ2) is 11.1. The lowest BCUT2D eigenvalue weighted by Crippen LogP contribution is -2.52. The lowest BCUT2D eigenvalue weighted by molar-refractivity contribution is -0.140. The van der Waals surface area contributed by atoms with Crippen molar-refractivity contribution in [2.75, 3.05) is 23.7 Å². The lowest BCUT2D eigenvalue weighted by Gasteiger charge is -2.33. The first-order valence-corrected chi connectivity index (χ1v) is 12.6. The Morgan fingerprint density at radius 3 is 2.22 bits per heavy atom. The molecule has 2 aromatic rings. The SMILES string of the molecule is CCNC(=O)[C@@H](CC)N(Cc1ccccc1)C(=O)CN(c1cccc(C)c1C)S(C)(=O)=O. The van der Waals surface area contributed by atoms with Gasteiger partial charge in [-0.3, -0.25) is 13.9 Å². The summed E-state index contributed by atoms with van der Waals surface area (Å²) in [6, 6.07) is 14.0. The van der Waals surface area contributed by atoms with Gasteiger partial charge in [0.1, 0.15) is 12.6 Å². The highest BCUT2D eigenvalue weighted by Crippen LogP contribution is 2.25. The fourth-order valence-corrected chi connectivity index (χ4v) is 4.49. The lowest BCUT2D eigenvalue weighted by atomic mass is 10.1. The number of anilines is 1. The van der Waals surface area contributed by atoms with Gasteiger partial charge in [-0.1, -0.05) is 49.4 Å². The van der Waals surface area contributed by atoms with Crippen molar-refractivity contribution < 1.29 is 18.0 Å². The van der Waals surface area contributed by atoms with Crippen LogP contribution in [-0.2, 0) is 26.2 Å². The number of hydrogen-bond acceptors (Lipinski definition) is 4. The summed E-state index contributed by atoms with van der Waals surface area (Å²) in [6.07, 6.45) is 1.50. The second-order valence-electron chi connectivity index (χ2n) is 7.81. The molecule has 2 rings (SSSR count). The monoisotopic (exact) mass is 459 g/mol. The number of likely N-dealkylation sites (N-methyl/N-ethyl adjacent to an activating group) is 1. The average Bonchev–Trinajstić information content (AvgIpc) is 2.74. The Bertz CT molecular complexity index is 1040. The van der Waals surface area contributed by atoms with Crippen LogP contribution < -0.4 is 9.62 Å². The van der Waals surface area contributed by atoms with Gasteiger partial charge in [0.05, 0.1) is 11.9 Å². The molecular formula is C24H33N3O4S. The number of sulfonamides is 1. The van der Waals surface area contributed by atoms with Gasteiger partial charge in [0.15, 0.2) is 0 Å². The van der Waals surface area contributed by atoms with E-state index in [1.54, 1.807) is 12.1 Å². The van der Waals surface area contributed by atoms with Crippen molar-refractivity contribution in [1.29, 1.82) is 0 Å². The van der Waals surface area contributed by atoms with Crippen LogP contribution in [-0.4, -0.2) is 50.5 Å². The van der Waals surface area contributed by atoms with E-state index in [1.165, 1.54) is 4.90 Å². The Hall–Kier alpha value is -2.87. The standard InChI is InChI=1S/C24H33N3O4S/c1-6-21(24(29)25-7-2)26(16-20-13-9-8-10-14-20)23(28)17-27(32(5,30)31)22-15-11-12-18(3)19(22)4/h8-15,21H,6-7,16-17H2,1-5H3,(H,25,29)/t21-/m1/s1. The second-order valence-corrected chi connectivity index (χ2v) is 9.72. The van der Waals surface area contributed by atoms with Crippen molar-refractivity contribution in [2.45, 2.75) is 46.7 Å². The molecule has 0 radical (unpaired) electrons. The molecule has 0 aromatic heterocycles. The summed E-state index contributed by atoms with van der Waals surface area (Å²) in [5, 5.41) is 2.78. The summed E-state index contributed by atoms with van der Waals surface area (Å²) >= 11 is 0. The van der Waals surface area contributed by atoms with Gasteiger partial charge in [-0.25, -0.2) is 8.42 Å². The molecule has 8 heteroatoms. The van der Waals surface area contributed by atoms with Gasteiger partial charge < -0.3 is 10.2 Å². The van der Waals surface area contributed by atoms with E-state index < -0.39 is 22.0 Å². The topological polar surface area (TPSA) is 86.8 Å². The highest BCUT2D eigenvalue weighted by molar-refractivity contribution is 7.92. The Morgan fingerprint density at radius 2 is 1.66 bits per heavy atom. The van der Waals surface area contributed by atoms with Crippen molar-refractivity contribution >= 4 is 27.5 Å². The van der Waals surface area contributed by atoms with Crippen LogP contribution in [0.3, 0.4) is 0 Å².